The van der Waals surface area contributed by atoms with Gasteiger partial charge in [0, 0.05) is 26.1 Å². The lowest BCUT2D eigenvalue weighted by Gasteiger charge is -2.28. The Kier molecular flexibility index (Phi) is 5.02. The van der Waals surface area contributed by atoms with Crippen LogP contribution >= 0.6 is 0 Å². The molecule has 2 amide bonds. The van der Waals surface area contributed by atoms with Crippen LogP contribution in [0.3, 0.4) is 0 Å². The first-order valence-corrected chi connectivity index (χ1v) is 7.81. The first-order valence-electron chi connectivity index (χ1n) is 7.81. The van der Waals surface area contributed by atoms with Gasteiger partial charge >= 0.3 is 0 Å². The summed E-state index contributed by atoms with van der Waals surface area (Å²) >= 11 is 0. The molecular weight excluding hydrogens is 254 g/mol. The second-order valence-electron chi connectivity index (χ2n) is 6.37. The van der Waals surface area contributed by atoms with E-state index in [0.717, 1.165) is 32.6 Å². The highest BCUT2D eigenvalue weighted by Crippen LogP contribution is 2.19. The number of carbonyl (C=O) groups excluding carboxylic acids is 2. The number of carbonyl (C=O) groups is 2. The molecule has 2 atom stereocenters. The number of hydrogen-bond donors (Lipinski definition) is 1. The van der Waals surface area contributed by atoms with Crippen LogP contribution in [-0.4, -0.2) is 60.4 Å². The highest BCUT2D eigenvalue weighted by Gasteiger charge is 2.34. The molecule has 2 fully saturated rings. The van der Waals surface area contributed by atoms with Crippen molar-refractivity contribution in [1.29, 1.82) is 0 Å². The topological polar surface area (TPSA) is 52.6 Å². The van der Waals surface area contributed by atoms with E-state index in [0.29, 0.717) is 18.9 Å². The van der Waals surface area contributed by atoms with E-state index < -0.39 is 0 Å². The van der Waals surface area contributed by atoms with Crippen molar-refractivity contribution in [3.8, 4) is 0 Å². The largest absolute Gasteiger partial charge is 0.344 e. The van der Waals surface area contributed by atoms with E-state index in [9.17, 15) is 9.59 Å². The molecule has 20 heavy (non-hydrogen) atoms. The molecule has 2 unspecified atom stereocenters. The van der Waals surface area contributed by atoms with Crippen LogP contribution in [0.4, 0.5) is 0 Å². The van der Waals surface area contributed by atoms with Crippen LogP contribution in [0.15, 0.2) is 0 Å². The summed E-state index contributed by atoms with van der Waals surface area (Å²) in [6, 6.07) is -0.353. The van der Waals surface area contributed by atoms with E-state index in [1.807, 2.05) is 18.7 Å². The van der Waals surface area contributed by atoms with E-state index in [4.69, 9.17) is 0 Å². The molecule has 114 valence electrons. The molecule has 0 bridgehead atoms. The van der Waals surface area contributed by atoms with Gasteiger partial charge in [0.05, 0.1) is 0 Å². The Morgan fingerprint density at radius 2 is 2.05 bits per heavy atom. The molecule has 0 aromatic carbocycles. The second-order valence-corrected chi connectivity index (χ2v) is 6.37. The van der Waals surface area contributed by atoms with Gasteiger partial charge in [0.15, 0.2) is 0 Å². The van der Waals surface area contributed by atoms with Crippen LogP contribution < -0.4 is 5.32 Å². The highest BCUT2D eigenvalue weighted by atomic mass is 16.2. The zero-order valence-corrected chi connectivity index (χ0v) is 12.9. The Bertz CT molecular complexity index is 370. The third-order valence-corrected chi connectivity index (χ3v) is 4.47. The van der Waals surface area contributed by atoms with Gasteiger partial charge in [0.1, 0.15) is 6.04 Å². The van der Waals surface area contributed by atoms with Gasteiger partial charge in [-0.3, -0.25) is 9.59 Å². The fraction of sp³-hybridized carbons (Fsp3) is 0.867. The van der Waals surface area contributed by atoms with E-state index >= 15 is 0 Å². The van der Waals surface area contributed by atoms with Gasteiger partial charge < -0.3 is 15.1 Å². The predicted molar refractivity (Wildman–Crippen MR) is 78.2 cm³/mol. The number of rotatable bonds is 4. The minimum Gasteiger partial charge on any atom is -0.344 e. The zero-order chi connectivity index (χ0) is 14.7. The van der Waals surface area contributed by atoms with Crippen LogP contribution in [-0.2, 0) is 9.59 Å². The molecule has 2 heterocycles. The van der Waals surface area contributed by atoms with Crippen molar-refractivity contribution in [2.45, 2.75) is 39.7 Å². The molecule has 0 aromatic rings. The molecule has 0 spiro atoms. The summed E-state index contributed by atoms with van der Waals surface area (Å²) < 4.78 is 0. The molecule has 2 aliphatic heterocycles. The van der Waals surface area contributed by atoms with Crippen molar-refractivity contribution in [1.82, 2.24) is 15.1 Å². The lowest BCUT2D eigenvalue weighted by Crippen LogP contribution is -2.48. The Morgan fingerprint density at radius 3 is 2.65 bits per heavy atom. The molecule has 5 nitrogen and oxygen atoms in total. The third-order valence-electron chi connectivity index (χ3n) is 4.47. The van der Waals surface area contributed by atoms with Gasteiger partial charge in [-0.05, 0) is 31.3 Å². The average molecular weight is 281 g/mol. The Morgan fingerprint density at radius 1 is 1.30 bits per heavy atom. The highest BCUT2D eigenvalue weighted by molar-refractivity contribution is 5.90. The van der Waals surface area contributed by atoms with E-state index in [1.54, 1.807) is 0 Å². The summed E-state index contributed by atoms with van der Waals surface area (Å²) in [5, 5.41) is 2.86. The number of nitrogens with zero attached hydrogens (tertiary/aromatic N) is 2. The first kappa shape index (κ1) is 15.3. The SMILES string of the molecule is CCN1CCC(CN2CCC(=O)NC(C(C)C)C2=O)C1. The minimum atomic E-state index is -0.353. The van der Waals surface area contributed by atoms with Gasteiger partial charge in [-0.15, -0.1) is 0 Å². The summed E-state index contributed by atoms with van der Waals surface area (Å²) in [4.78, 5) is 28.6. The molecule has 0 saturated carbocycles. The van der Waals surface area contributed by atoms with Crippen LogP contribution in [0.5, 0.6) is 0 Å². The smallest absolute Gasteiger partial charge is 0.245 e. The fourth-order valence-electron chi connectivity index (χ4n) is 3.14. The molecule has 1 N–H and O–H groups in total. The van der Waals surface area contributed by atoms with Gasteiger partial charge in [-0.1, -0.05) is 20.8 Å². The summed E-state index contributed by atoms with van der Waals surface area (Å²) in [6.45, 7) is 10.8. The van der Waals surface area contributed by atoms with Crippen LogP contribution in [0.2, 0.25) is 0 Å². The maximum atomic E-state index is 12.6. The predicted octanol–water partition coefficient (Wildman–Crippen LogP) is 0.701. The van der Waals surface area contributed by atoms with Crippen molar-refractivity contribution < 1.29 is 9.59 Å². The molecule has 2 rings (SSSR count). The lowest BCUT2D eigenvalue weighted by molar-refractivity contribution is -0.135. The summed E-state index contributed by atoms with van der Waals surface area (Å²) in [5.74, 6) is 0.796. The normalized spacial score (nSPS) is 28.9. The Hall–Kier alpha value is -1.10. The zero-order valence-electron chi connectivity index (χ0n) is 12.9. The molecular formula is C15H27N3O2. The van der Waals surface area contributed by atoms with Crippen LogP contribution in [0.1, 0.15) is 33.6 Å². The summed E-state index contributed by atoms with van der Waals surface area (Å²) in [6.07, 6.45) is 1.59. The number of nitrogens with one attached hydrogen (secondary N) is 1. The van der Waals surface area contributed by atoms with Crippen molar-refractivity contribution >= 4 is 11.8 Å². The number of hydrogen-bond acceptors (Lipinski definition) is 3. The number of amides is 2. The monoisotopic (exact) mass is 281 g/mol. The van der Waals surface area contributed by atoms with E-state index in [1.165, 1.54) is 0 Å². The Balaban J connectivity index is 1.99. The van der Waals surface area contributed by atoms with Crippen LogP contribution in [0.25, 0.3) is 0 Å². The van der Waals surface area contributed by atoms with Crippen molar-refractivity contribution in [3.05, 3.63) is 0 Å². The first-order chi connectivity index (χ1) is 9.51. The quantitative estimate of drug-likeness (QED) is 0.825. The third kappa shape index (κ3) is 3.51. The van der Waals surface area contributed by atoms with Gasteiger partial charge in [-0.25, -0.2) is 0 Å². The molecule has 2 aliphatic rings. The van der Waals surface area contributed by atoms with Crippen LogP contribution in [0, 0.1) is 11.8 Å². The Labute approximate surface area is 121 Å². The second kappa shape index (κ2) is 6.57. The molecule has 0 radical (unpaired) electrons. The van der Waals surface area contributed by atoms with Gasteiger partial charge in [-0.2, -0.15) is 0 Å². The minimum absolute atomic E-state index is 0.00107. The van der Waals surface area contributed by atoms with E-state index in [2.05, 4.69) is 17.1 Å². The fourth-order valence-corrected chi connectivity index (χ4v) is 3.14. The van der Waals surface area contributed by atoms with Crippen molar-refractivity contribution in [2.24, 2.45) is 11.8 Å². The molecule has 2 saturated heterocycles. The van der Waals surface area contributed by atoms with Crippen molar-refractivity contribution in [3.63, 3.8) is 0 Å². The van der Waals surface area contributed by atoms with Crippen molar-refractivity contribution in [2.75, 3.05) is 32.7 Å². The van der Waals surface area contributed by atoms with Gasteiger partial charge in [0.2, 0.25) is 11.8 Å². The molecule has 0 aromatic heterocycles. The molecule has 5 heteroatoms. The molecule has 0 aliphatic carbocycles. The lowest BCUT2D eigenvalue weighted by atomic mass is 10.0. The maximum Gasteiger partial charge on any atom is 0.245 e. The standard InChI is InChI=1S/C15H27N3O2/c1-4-17-7-5-12(9-17)10-18-8-6-13(19)16-14(11(2)3)15(18)20/h11-12,14H,4-10H2,1-3H3,(H,16,19). The van der Waals surface area contributed by atoms with Gasteiger partial charge in [0.25, 0.3) is 0 Å². The summed E-state index contributed by atoms with van der Waals surface area (Å²) in [5.41, 5.74) is 0. The average Bonchev–Trinajstić information content (AvgIpc) is 2.81. The summed E-state index contributed by atoms with van der Waals surface area (Å²) in [7, 11) is 0. The number of likely N-dealkylation sites (tertiary alicyclic amines) is 1. The van der Waals surface area contributed by atoms with E-state index in [-0.39, 0.29) is 23.8 Å². The maximum absolute atomic E-state index is 12.6.